The van der Waals surface area contributed by atoms with Crippen LogP contribution in [-0.4, -0.2) is 51.8 Å². The highest BCUT2D eigenvalue weighted by Gasteiger charge is 2.37. The Morgan fingerprint density at radius 3 is 2.67 bits per heavy atom. The van der Waals surface area contributed by atoms with E-state index in [9.17, 15) is 9.59 Å². The SMILES string of the molecule is O=C(O)CC1CN(C(=O)C2CSC(c3ccccc3)=N2)C1. The Morgan fingerprint density at radius 1 is 1.29 bits per heavy atom. The average molecular weight is 304 g/mol. The molecule has 0 saturated carbocycles. The summed E-state index contributed by atoms with van der Waals surface area (Å²) in [5.41, 5.74) is 1.05. The van der Waals surface area contributed by atoms with E-state index < -0.39 is 5.97 Å². The zero-order chi connectivity index (χ0) is 14.8. The third kappa shape index (κ3) is 3.10. The summed E-state index contributed by atoms with van der Waals surface area (Å²) in [5.74, 6) is -0.00978. The lowest BCUT2D eigenvalue weighted by Crippen LogP contribution is -2.53. The van der Waals surface area contributed by atoms with E-state index in [-0.39, 0.29) is 24.3 Å². The van der Waals surface area contributed by atoms with Crippen LogP contribution in [0.5, 0.6) is 0 Å². The first-order valence-electron chi connectivity index (χ1n) is 6.90. The monoisotopic (exact) mass is 304 g/mol. The smallest absolute Gasteiger partial charge is 0.303 e. The number of hydrogen-bond acceptors (Lipinski definition) is 4. The number of carboxylic acid groups (broad SMARTS) is 1. The van der Waals surface area contributed by atoms with Gasteiger partial charge in [-0.3, -0.25) is 14.6 Å². The summed E-state index contributed by atoms with van der Waals surface area (Å²) < 4.78 is 0. The van der Waals surface area contributed by atoms with Gasteiger partial charge in [-0.2, -0.15) is 0 Å². The lowest BCUT2D eigenvalue weighted by Gasteiger charge is -2.39. The van der Waals surface area contributed by atoms with Crippen LogP contribution < -0.4 is 0 Å². The number of nitrogens with zero attached hydrogens (tertiary/aromatic N) is 2. The van der Waals surface area contributed by atoms with Crippen molar-refractivity contribution < 1.29 is 14.7 Å². The van der Waals surface area contributed by atoms with Crippen LogP contribution in [0.1, 0.15) is 12.0 Å². The molecule has 0 radical (unpaired) electrons. The van der Waals surface area contributed by atoms with E-state index in [4.69, 9.17) is 5.11 Å². The predicted octanol–water partition coefficient (Wildman–Crippen LogP) is 1.48. The van der Waals surface area contributed by atoms with Crippen LogP contribution in [0.15, 0.2) is 35.3 Å². The number of benzene rings is 1. The molecule has 2 heterocycles. The highest BCUT2D eigenvalue weighted by Crippen LogP contribution is 2.27. The van der Waals surface area contributed by atoms with Gasteiger partial charge in [-0.1, -0.05) is 30.3 Å². The number of carboxylic acids is 1. The summed E-state index contributed by atoms with van der Waals surface area (Å²) in [4.78, 5) is 29.1. The van der Waals surface area contributed by atoms with Crippen LogP contribution in [0.4, 0.5) is 0 Å². The summed E-state index contributed by atoms with van der Waals surface area (Å²) in [6, 6.07) is 9.53. The second-order valence-electron chi connectivity index (χ2n) is 5.33. The predicted molar refractivity (Wildman–Crippen MR) is 81.5 cm³/mol. The first-order valence-corrected chi connectivity index (χ1v) is 7.88. The molecule has 6 heteroatoms. The average Bonchev–Trinajstić information content (AvgIpc) is 2.92. The van der Waals surface area contributed by atoms with Crippen molar-refractivity contribution in [2.45, 2.75) is 12.5 Å². The molecule has 1 N–H and O–H groups in total. The molecule has 1 aromatic rings. The quantitative estimate of drug-likeness (QED) is 0.915. The zero-order valence-electron chi connectivity index (χ0n) is 11.4. The van der Waals surface area contributed by atoms with Crippen LogP contribution in [0.2, 0.25) is 0 Å². The molecule has 5 nitrogen and oxygen atoms in total. The molecule has 1 atom stereocenters. The lowest BCUT2D eigenvalue weighted by molar-refractivity contribution is -0.145. The number of aliphatic carboxylic acids is 1. The lowest BCUT2D eigenvalue weighted by atomic mass is 9.96. The van der Waals surface area contributed by atoms with Crippen LogP contribution >= 0.6 is 11.8 Å². The molecule has 0 aromatic heterocycles. The van der Waals surface area contributed by atoms with Gasteiger partial charge >= 0.3 is 5.97 Å². The number of thioether (sulfide) groups is 1. The molecule has 110 valence electrons. The largest absolute Gasteiger partial charge is 0.481 e. The van der Waals surface area contributed by atoms with Crippen LogP contribution in [0.3, 0.4) is 0 Å². The highest BCUT2D eigenvalue weighted by atomic mass is 32.2. The fraction of sp³-hybridized carbons (Fsp3) is 0.400. The van der Waals surface area contributed by atoms with E-state index in [0.29, 0.717) is 18.8 Å². The molecule has 0 bridgehead atoms. The van der Waals surface area contributed by atoms with Gasteiger partial charge in [0.25, 0.3) is 0 Å². The first-order chi connectivity index (χ1) is 10.1. The molecule has 0 spiro atoms. The Morgan fingerprint density at radius 2 is 2.00 bits per heavy atom. The van der Waals surface area contributed by atoms with Crippen molar-refractivity contribution in [3.63, 3.8) is 0 Å². The van der Waals surface area contributed by atoms with Crippen molar-refractivity contribution in [2.24, 2.45) is 10.9 Å². The summed E-state index contributed by atoms with van der Waals surface area (Å²) in [7, 11) is 0. The van der Waals surface area contributed by atoms with Crippen molar-refractivity contribution in [2.75, 3.05) is 18.8 Å². The summed E-state index contributed by atoms with van der Waals surface area (Å²) in [5, 5.41) is 9.63. The number of carbonyl (C=O) groups excluding carboxylic acids is 1. The Kier molecular flexibility index (Phi) is 3.96. The number of likely N-dealkylation sites (tertiary alicyclic amines) is 1. The van der Waals surface area contributed by atoms with E-state index in [2.05, 4.69) is 4.99 Å². The van der Waals surface area contributed by atoms with Crippen molar-refractivity contribution in [3.05, 3.63) is 35.9 Å². The summed E-state index contributed by atoms with van der Waals surface area (Å²) >= 11 is 1.60. The number of amides is 1. The molecule has 21 heavy (non-hydrogen) atoms. The van der Waals surface area contributed by atoms with Crippen LogP contribution in [0.25, 0.3) is 0 Å². The molecule has 1 fully saturated rings. The minimum Gasteiger partial charge on any atom is -0.481 e. The van der Waals surface area contributed by atoms with Gasteiger partial charge < -0.3 is 10.0 Å². The summed E-state index contributed by atoms with van der Waals surface area (Å²) in [6.07, 6.45) is 0.141. The van der Waals surface area contributed by atoms with Crippen molar-refractivity contribution in [3.8, 4) is 0 Å². The standard InChI is InChI=1S/C15H16N2O3S/c18-13(19)6-10-7-17(8-10)15(20)12-9-21-14(16-12)11-4-2-1-3-5-11/h1-5,10,12H,6-9H2,(H,18,19). The minimum atomic E-state index is -0.798. The van der Waals surface area contributed by atoms with E-state index in [0.717, 1.165) is 10.6 Å². The second kappa shape index (κ2) is 5.89. The maximum atomic E-state index is 12.3. The van der Waals surface area contributed by atoms with E-state index in [1.54, 1.807) is 16.7 Å². The molecule has 1 unspecified atom stereocenters. The van der Waals surface area contributed by atoms with Gasteiger partial charge in [-0.15, -0.1) is 11.8 Å². The number of rotatable bonds is 4. The molecule has 0 aliphatic carbocycles. The fourth-order valence-electron chi connectivity index (χ4n) is 2.58. The third-order valence-corrected chi connectivity index (χ3v) is 4.79. The van der Waals surface area contributed by atoms with Crippen molar-refractivity contribution in [1.82, 2.24) is 4.90 Å². The van der Waals surface area contributed by atoms with E-state index >= 15 is 0 Å². The summed E-state index contributed by atoms with van der Waals surface area (Å²) in [6.45, 7) is 1.09. The fourth-order valence-corrected chi connectivity index (χ4v) is 3.61. The van der Waals surface area contributed by atoms with Crippen LogP contribution in [0, 0.1) is 5.92 Å². The van der Waals surface area contributed by atoms with Gasteiger partial charge in [-0.05, 0) is 0 Å². The minimum absolute atomic E-state index is 0.0232. The highest BCUT2D eigenvalue weighted by molar-refractivity contribution is 8.14. The second-order valence-corrected chi connectivity index (χ2v) is 6.34. The van der Waals surface area contributed by atoms with Gasteiger partial charge in [0, 0.05) is 30.3 Å². The molecule has 1 aromatic carbocycles. The van der Waals surface area contributed by atoms with E-state index in [1.807, 2.05) is 30.3 Å². The van der Waals surface area contributed by atoms with Gasteiger partial charge in [-0.25, -0.2) is 0 Å². The molecular weight excluding hydrogens is 288 g/mol. The van der Waals surface area contributed by atoms with Gasteiger partial charge in [0.1, 0.15) is 6.04 Å². The normalized spacial score (nSPS) is 21.8. The first kappa shape index (κ1) is 14.1. The molecule has 1 amide bonds. The molecular formula is C15H16N2O3S. The van der Waals surface area contributed by atoms with Crippen LogP contribution in [-0.2, 0) is 9.59 Å². The molecule has 2 aliphatic heterocycles. The Labute approximate surface area is 127 Å². The van der Waals surface area contributed by atoms with Gasteiger partial charge in [0.2, 0.25) is 5.91 Å². The Hall–Kier alpha value is -1.82. The Bertz CT molecular complexity index is 582. The van der Waals surface area contributed by atoms with Gasteiger partial charge in [0.15, 0.2) is 0 Å². The maximum absolute atomic E-state index is 12.3. The van der Waals surface area contributed by atoms with Crippen molar-refractivity contribution in [1.29, 1.82) is 0 Å². The topological polar surface area (TPSA) is 70.0 Å². The van der Waals surface area contributed by atoms with E-state index in [1.165, 1.54) is 0 Å². The number of hydrogen-bond donors (Lipinski definition) is 1. The third-order valence-electron chi connectivity index (χ3n) is 3.69. The molecule has 3 rings (SSSR count). The number of carbonyl (C=O) groups is 2. The zero-order valence-corrected chi connectivity index (χ0v) is 12.3. The number of aliphatic imine (C=N–C) groups is 1. The molecule has 2 aliphatic rings. The van der Waals surface area contributed by atoms with Crippen molar-refractivity contribution >= 4 is 28.7 Å². The Balaban J connectivity index is 1.58. The molecule has 1 saturated heterocycles. The van der Waals surface area contributed by atoms with Gasteiger partial charge in [0.05, 0.1) is 11.5 Å². The maximum Gasteiger partial charge on any atom is 0.303 e.